The van der Waals surface area contributed by atoms with Crippen LogP contribution in [0.1, 0.15) is 42.5 Å². The van der Waals surface area contributed by atoms with Crippen LogP contribution in [0.3, 0.4) is 0 Å². The lowest BCUT2D eigenvalue weighted by molar-refractivity contribution is -0.143. The normalized spacial score (nSPS) is 31.9. The first kappa shape index (κ1) is 20.5. The highest BCUT2D eigenvalue weighted by Gasteiger charge is 2.82. The predicted molar refractivity (Wildman–Crippen MR) is 121 cm³/mol. The van der Waals surface area contributed by atoms with Crippen LogP contribution < -0.4 is 11.5 Å². The minimum Gasteiger partial charge on any atom is -0.369 e. The van der Waals surface area contributed by atoms with Crippen LogP contribution in [0, 0.1) is 29.6 Å². The molecule has 3 aliphatic carbocycles. The van der Waals surface area contributed by atoms with E-state index in [1.807, 2.05) is 37.4 Å². The van der Waals surface area contributed by atoms with Crippen molar-refractivity contribution in [3.8, 4) is 0 Å². The van der Waals surface area contributed by atoms with Gasteiger partial charge in [-0.3, -0.25) is 14.7 Å². The molecule has 0 aliphatic heterocycles. The first-order chi connectivity index (χ1) is 14.8. The molecule has 6 nitrogen and oxygen atoms in total. The number of nitrogens with one attached hydrogen (secondary N) is 1. The quantitative estimate of drug-likeness (QED) is 0.525. The van der Waals surface area contributed by atoms with Crippen LogP contribution >= 0.6 is 15.9 Å². The lowest BCUT2D eigenvalue weighted by Gasteiger charge is -2.48. The number of hydrogen-bond acceptors (Lipinski definition) is 3. The Kier molecular flexibility index (Phi) is 4.49. The lowest BCUT2D eigenvalue weighted by Crippen LogP contribution is -2.62. The molecule has 31 heavy (non-hydrogen) atoms. The Morgan fingerprint density at radius 1 is 1.13 bits per heavy atom. The number of amides is 2. The van der Waals surface area contributed by atoms with Crippen LogP contribution in [0.4, 0.5) is 0 Å². The SMILES string of the molecule is Cc1[nH]ncc1CCC[C@@]1(C(N)=O)[C@@H]2C=C[C@@H](C23CC3)[C@@]1(C(N)=O)c1ccc(Br)cc1. The second-order valence-electron chi connectivity index (χ2n) is 9.46. The van der Waals surface area contributed by atoms with Crippen molar-refractivity contribution in [3.05, 3.63) is 63.9 Å². The number of nitrogens with zero attached hydrogens (tertiary/aromatic N) is 1. The molecule has 2 aromatic rings. The van der Waals surface area contributed by atoms with Gasteiger partial charge in [-0.25, -0.2) is 0 Å². The summed E-state index contributed by atoms with van der Waals surface area (Å²) in [4.78, 5) is 26.8. The van der Waals surface area contributed by atoms with E-state index in [0.717, 1.165) is 47.0 Å². The standard InChI is InChI=1S/C24H27BrN4O2/c1-14-15(13-28-29-14)3-2-10-23(20(26)30)18-8-9-19(22(18)11-12-22)24(23,21(27)31)16-4-6-17(25)7-5-16/h4-9,13,18-19H,2-3,10-12H2,1H3,(H2,26,30)(H2,27,31)(H,28,29)/t18-,19+,23+,24-/m1/s1. The van der Waals surface area contributed by atoms with Crippen molar-refractivity contribution in [2.75, 3.05) is 0 Å². The number of nitrogens with two attached hydrogens (primary N) is 2. The monoisotopic (exact) mass is 482 g/mol. The topological polar surface area (TPSA) is 115 Å². The fourth-order valence-electron chi connectivity index (χ4n) is 6.99. The van der Waals surface area contributed by atoms with Gasteiger partial charge in [-0.2, -0.15) is 5.10 Å². The van der Waals surface area contributed by atoms with E-state index in [4.69, 9.17) is 11.5 Å². The molecule has 0 radical (unpaired) electrons. The maximum atomic E-state index is 13.4. The summed E-state index contributed by atoms with van der Waals surface area (Å²) in [5.41, 5.74) is 13.1. The van der Waals surface area contributed by atoms with Crippen LogP contribution in [0.25, 0.3) is 0 Å². The molecule has 0 unspecified atom stereocenters. The minimum absolute atomic E-state index is 0.0657. The van der Waals surface area contributed by atoms with Gasteiger partial charge < -0.3 is 11.5 Å². The second-order valence-corrected chi connectivity index (χ2v) is 10.4. The third-order valence-electron chi connectivity index (χ3n) is 8.34. The number of carbonyl (C=O) groups excluding carboxylic acids is 2. The molecule has 3 aliphatic rings. The van der Waals surface area contributed by atoms with Gasteiger partial charge in [0.05, 0.1) is 17.0 Å². The molecule has 2 fully saturated rings. The van der Waals surface area contributed by atoms with Gasteiger partial charge in [0.2, 0.25) is 11.8 Å². The number of rotatable bonds is 7. The van der Waals surface area contributed by atoms with Crippen molar-refractivity contribution in [1.82, 2.24) is 10.2 Å². The highest BCUT2D eigenvalue weighted by atomic mass is 79.9. The van der Waals surface area contributed by atoms with Crippen LogP contribution in [0.2, 0.25) is 0 Å². The largest absolute Gasteiger partial charge is 0.369 e. The molecular weight excluding hydrogens is 456 g/mol. The second kappa shape index (κ2) is 6.79. The van der Waals surface area contributed by atoms with E-state index in [9.17, 15) is 9.59 Å². The van der Waals surface area contributed by atoms with Crippen molar-refractivity contribution < 1.29 is 9.59 Å². The molecule has 2 amide bonds. The van der Waals surface area contributed by atoms with Gasteiger partial charge >= 0.3 is 0 Å². The molecule has 2 bridgehead atoms. The molecule has 1 aromatic heterocycles. The zero-order chi connectivity index (χ0) is 22.0. The van der Waals surface area contributed by atoms with E-state index in [1.54, 1.807) is 0 Å². The molecule has 7 heteroatoms. The Hall–Kier alpha value is -2.41. The summed E-state index contributed by atoms with van der Waals surface area (Å²) in [6, 6.07) is 7.68. The van der Waals surface area contributed by atoms with Crippen LogP contribution in [-0.2, 0) is 21.4 Å². The van der Waals surface area contributed by atoms with Crippen molar-refractivity contribution in [2.24, 2.45) is 34.1 Å². The highest BCUT2D eigenvalue weighted by molar-refractivity contribution is 9.10. The number of aromatic amines is 1. The molecule has 1 spiro atoms. The van der Waals surface area contributed by atoms with Crippen molar-refractivity contribution in [1.29, 1.82) is 0 Å². The Morgan fingerprint density at radius 2 is 1.81 bits per heavy atom. The van der Waals surface area contributed by atoms with Gasteiger partial charge in [0.25, 0.3) is 0 Å². The number of aromatic nitrogens is 2. The highest BCUT2D eigenvalue weighted by Crippen LogP contribution is 2.80. The van der Waals surface area contributed by atoms with E-state index in [0.29, 0.717) is 6.42 Å². The Morgan fingerprint density at radius 3 is 2.35 bits per heavy atom. The Balaban J connectivity index is 1.65. The van der Waals surface area contributed by atoms with E-state index >= 15 is 0 Å². The fraction of sp³-hybridized carbons (Fsp3) is 0.458. The van der Waals surface area contributed by atoms with Crippen LogP contribution in [0.5, 0.6) is 0 Å². The molecule has 5 N–H and O–H groups in total. The Bertz CT molecular complexity index is 1090. The molecule has 162 valence electrons. The third-order valence-corrected chi connectivity index (χ3v) is 8.87. The number of primary amides is 2. The third kappa shape index (κ3) is 2.47. The van der Waals surface area contributed by atoms with Gasteiger partial charge in [0.1, 0.15) is 0 Å². The molecule has 5 rings (SSSR count). The number of allylic oxidation sites excluding steroid dienone is 2. The molecule has 2 saturated carbocycles. The maximum absolute atomic E-state index is 13.4. The molecule has 0 saturated heterocycles. The summed E-state index contributed by atoms with van der Waals surface area (Å²) in [7, 11) is 0. The fourth-order valence-corrected chi connectivity index (χ4v) is 7.26. The summed E-state index contributed by atoms with van der Waals surface area (Å²) in [6.07, 6.45) is 10.1. The number of halogens is 1. The van der Waals surface area contributed by atoms with Crippen LogP contribution in [0.15, 0.2) is 47.1 Å². The van der Waals surface area contributed by atoms with Gasteiger partial charge in [0.15, 0.2) is 0 Å². The molecule has 1 heterocycles. The van der Waals surface area contributed by atoms with Crippen molar-refractivity contribution >= 4 is 27.7 Å². The summed E-state index contributed by atoms with van der Waals surface area (Å²) in [5.74, 6) is -1.03. The molecular formula is C24H27BrN4O2. The Labute approximate surface area is 190 Å². The van der Waals surface area contributed by atoms with Crippen molar-refractivity contribution in [2.45, 2.75) is 44.4 Å². The van der Waals surface area contributed by atoms with E-state index in [2.05, 4.69) is 38.3 Å². The van der Waals surface area contributed by atoms with Crippen molar-refractivity contribution in [3.63, 3.8) is 0 Å². The predicted octanol–water partition coefficient (Wildman–Crippen LogP) is 3.29. The van der Waals surface area contributed by atoms with E-state index in [1.165, 1.54) is 0 Å². The summed E-state index contributed by atoms with van der Waals surface area (Å²) in [6.45, 7) is 1.99. The zero-order valence-electron chi connectivity index (χ0n) is 17.5. The average Bonchev–Trinajstić information content (AvgIpc) is 3.23. The van der Waals surface area contributed by atoms with Gasteiger partial charge in [-0.15, -0.1) is 0 Å². The number of aryl methyl sites for hydroxylation is 2. The number of hydrogen-bond donors (Lipinski definition) is 3. The van der Waals surface area contributed by atoms with E-state index < -0.39 is 22.6 Å². The number of benzene rings is 1. The van der Waals surface area contributed by atoms with Gasteiger partial charge in [0, 0.05) is 16.1 Å². The van der Waals surface area contributed by atoms with Gasteiger partial charge in [-0.05, 0) is 73.6 Å². The average molecular weight is 483 g/mol. The first-order valence-corrected chi connectivity index (χ1v) is 11.6. The zero-order valence-corrected chi connectivity index (χ0v) is 19.1. The first-order valence-electron chi connectivity index (χ1n) is 10.8. The molecule has 4 atom stereocenters. The number of H-pyrrole nitrogens is 1. The maximum Gasteiger partial charge on any atom is 0.229 e. The summed E-state index contributed by atoms with van der Waals surface area (Å²) >= 11 is 3.48. The van der Waals surface area contributed by atoms with Gasteiger partial charge in [-0.1, -0.05) is 40.2 Å². The lowest BCUT2D eigenvalue weighted by atomic mass is 9.52. The van der Waals surface area contributed by atoms with Crippen LogP contribution in [-0.4, -0.2) is 22.0 Å². The molecule has 1 aromatic carbocycles. The number of carbonyl (C=O) groups is 2. The smallest absolute Gasteiger partial charge is 0.229 e. The minimum atomic E-state index is -1.14. The van der Waals surface area contributed by atoms with E-state index in [-0.39, 0.29) is 17.3 Å². The summed E-state index contributed by atoms with van der Waals surface area (Å²) in [5, 5.41) is 7.07. The summed E-state index contributed by atoms with van der Waals surface area (Å²) < 4.78 is 0.913.